The van der Waals surface area contributed by atoms with E-state index in [0.717, 1.165) is 11.1 Å². The molecule has 0 unspecified atom stereocenters. The van der Waals surface area contributed by atoms with E-state index in [1.54, 1.807) is 37.4 Å². The lowest BCUT2D eigenvalue weighted by Gasteiger charge is -2.27. The predicted octanol–water partition coefficient (Wildman–Crippen LogP) is 6.61. The summed E-state index contributed by atoms with van der Waals surface area (Å²) >= 11 is 0. The van der Waals surface area contributed by atoms with Crippen LogP contribution in [-0.2, 0) is 6.42 Å². The number of ether oxygens (including phenoxy) is 3. The van der Waals surface area contributed by atoms with Crippen molar-refractivity contribution < 1.29 is 23.9 Å². The standard InChI is InChI=1S/C27H25NO6/c1-17(2)7-8-19-13-23-24(29)15-26(34-27(23)16-25(19)32-3)18-9-11-21(12-10-18)33-22-6-4-5-20(14-22)28(30)31/h4-7,9-14,16,26H,8,15H2,1-3H3/t26-/m0/s1. The van der Waals surface area contributed by atoms with Crippen molar-refractivity contribution in [1.29, 1.82) is 0 Å². The number of hydrogen-bond acceptors (Lipinski definition) is 6. The topological polar surface area (TPSA) is 87.9 Å². The highest BCUT2D eigenvalue weighted by molar-refractivity contribution is 6.00. The normalized spacial score (nSPS) is 14.6. The number of Topliss-reactive ketones (excluding diaryl/α,β-unsaturated/α-hetero) is 1. The molecule has 1 heterocycles. The minimum atomic E-state index is -0.468. The van der Waals surface area contributed by atoms with Gasteiger partial charge < -0.3 is 14.2 Å². The lowest BCUT2D eigenvalue weighted by Crippen LogP contribution is -2.20. The number of nitrogens with zero attached hydrogens (tertiary/aromatic N) is 1. The molecule has 0 saturated carbocycles. The van der Waals surface area contributed by atoms with Gasteiger partial charge >= 0.3 is 0 Å². The molecule has 3 aromatic carbocycles. The van der Waals surface area contributed by atoms with Gasteiger partial charge in [0.05, 0.1) is 30.1 Å². The van der Waals surface area contributed by atoms with Crippen molar-refractivity contribution in [2.24, 2.45) is 0 Å². The summed E-state index contributed by atoms with van der Waals surface area (Å²) in [4.78, 5) is 23.4. The first-order valence-corrected chi connectivity index (χ1v) is 10.9. The van der Waals surface area contributed by atoms with Crippen LogP contribution in [0, 0.1) is 10.1 Å². The summed E-state index contributed by atoms with van der Waals surface area (Å²) in [5, 5.41) is 11.0. The fourth-order valence-electron chi connectivity index (χ4n) is 3.79. The fourth-order valence-corrected chi connectivity index (χ4v) is 3.79. The van der Waals surface area contributed by atoms with Crippen LogP contribution in [0.5, 0.6) is 23.0 Å². The number of methoxy groups -OCH3 is 1. The van der Waals surface area contributed by atoms with E-state index in [1.165, 1.54) is 17.7 Å². The lowest BCUT2D eigenvalue weighted by atomic mass is 9.94. The molecule has 3 aromatic rings. The van der Waals surface area contributed by atoms with Crippen molar-refractivity contribution in [3.05, 3.63) is 99.1 Å². The first-order chi connectivity index (χ1) is 16.3. The van der Waals surface area contributed by atoms with Crippen LogP contribution in [0.4, 0.5) is 5.69 Å². The summed E-state index contributed by atoms with van der Waals surface area (Å²) in [7, 11) is 1.61. The number of nitro groups is 1. The van der Waals surface area contributed by atoms with Gasteiger partial charge in [-0.2, -0.15) is 0 Å². The van der Waals surface area contributed by atoms with Crippen LogP contribution < -0.4 is 14.2 Å². The van der Waals surface area contributed by atoms with E-state index in [4.69, 9.17) is 14.2 Å². The number of hydrogen-bond donors (Lipinski definition) is 0. The van der Waals surface area contributed by atoms with Crippen LogP contribution in [0.25, 0.3) is 0 Å². The molecular formula is C27H25NO6. The molecule has 0 amide bonds. The lowest BCUT2D eigenvalue weighted by molar-refractivity contribution is -0.384. The minimum absolute atomic E-state index is 0.0178. The Morgan fingerprint density at radius 2 is 1.88 bits per heavy atom. The number of non-ortho nitro benzene ring substituents is 1. The molecule has 1 atom stereocenters. The molecule has 0 fully saturated rings. The number of nitro benzene ring substituents is 1. The van der Waals surface area contributed by atoms with Crippen LogP contribution in [0.15, 0.2) is 72.3 Å². The van der Waals surface area contributed by atoms with Crippen molar-refractivity contribution in [3.8, 4) is 23.0 Å². The van der Waals surface area contributed by atoms with Gasteiger partial charge in [0.1, 0.15) is 29.1 Å². The van der Waals surface area contributed by atoms with E-state index in [2.05, 4.69) is 6.08 Å². The summed E-state index contributed by atoms with van der Waals surface area (Å²) in [6.45, 7) is 4.06. The minimum Gasteiger partial charge on any atom is -0.496 e. The Kier molecular flexibility index (Phi) is 6.63. The van der Waals surface area contributed by atoms with Crippen LogP contribution in [0.2, 0.25) is 0 Å². The number of ketones is 1. The zero-order chi connectivity index (χ0) is 24.2. The zero-order valence-corrected chi connectivity index (χ0v) is 19.2. The first kappa shape index (κ1) is 23.0. The Morgan fingerprint density at radius 1 is 1.12 bits per heavy atom. The summed E-state index contributed by atoms with van der Waals surface area (Å²) in [6.07, 6.45) is 2.58. The van der Waals surface area contributed by atoms with Crippen molar-refractivity contribution >= 4 is 11.5 Å². The maximum atomic E-state index is 12.9. The molecule has 0 aromatic heterocycles. The number of fused-ring (bicyclic) bond motifs is 1. The number of allylic oxidation sites excluding steroid dienone is 2. The molecule has 0 spiro atoms. The largest absolute Gasteiger partial charge is 0.496 e. The quantitative estimate of drug-likeness (QED) is 0.224. The Balaban J connectivity index is 1.52. The van der Waals surface area contributed by atoms with Gasteiger partial charge in [-0.3, -0.25) is 14.9 Å². The molecule has 0 bridgehead atoms. The van der Waals surface area contributed by atoms with Gasteiger partial charge in [-0.25, -0.2) is 0 Å². The van der Waals surface area contributed by atoms with Gasteiger partial charge in [-0.1, -0.05) is 29.8 Å². The monoisotopic (exact) mass is 459 g/mol. The summed E-state index contributed by atoms with van der Waals surface area (Å²) in [6, 6.07) is 16.8. The molecule has 34 heavy (non-hydrogen) atoms. The average molecular weight is 459 g/mol. The third kappa shape index (κ3) is 5.09. The van der Waals surface area contributed by atoms with Crippen LogP contribution >= 0.6 is 0 Å². The van der Waals surface area contributed by atoms with Gasteiger partial charge in [-0.05, 0) is 55.7 Å². The highest BCUT2D eigenvalue weighted by Crippen LogP contribution is 2.39. The first-order valence-electron chi connectivity index (χ1n) is 10.9. The Hall–Kier alpha value is -4.13. The smallest absolute Gasteiger partial charge is 0.273 e. The molecule has 174 valence electrons. The summed E-state index contributed by atoms with van der Waals surface area (Å²) < 4.78 is 17.5. The SMILES string of the molecule is COc1cc2c(cc1CC=C(C)C)C(=O)C[C@@H](c1ccc(Oc3cccc([N+](=O)[O-])c3)cc1)O2. The van der Waals surface area contributed by atoms with Gasteiger partial charge in [0, 0.05) is 12.1 Å². The maximum Gasteiger partial charge on any atom is 0.273 e. The molecule has 7 heteroatoms. The number of benzene rings is 3. The molecular weight excluding hydrogens is 434 g/mol. The third-order valence-electron chi connectivity index (χ3n) is 5.57. The highest BCUT2D eigenvalue weighted by atomic mass is 16.6. The van der Waals surface area contributed by atoms with Crippen LogP contribution in [0.3, 0.4) is 0 Å². The zero-order valence-electron chi connectivity index (χ0n) is 19.2. The second-order valence-corrected chi connectivity index (χ2v) is 8.31. The number of carbonyl (C=O) groups excluding carboxylic acids is 1. The third-order valence-corrected chi connectivity index (χ3v) is 5.57. The Morgan fingerprint density at radius 3 is 2.56 bits per heavy atom. The van der Waals surface area contributed by atoms with Crippen molar-refractivity contribution in [2.45, 2.75) is 32.8 Å². The molecule has 4 rings (SSSR count). The van der Waals surface area contributed by atoms with E-state index in [0.29, 0.717) is 35.0 Å². The van der Waals surface area contributed by atoms with E-state index in [1.807, 2.05) is 32.0 Å². The number of carbonyl (C=O) groups is 1. The van der Waals surface area contributed by atoms with E-state index >= 15 is 0 Å². The molecule has 0 N–H and O–H groups in total. The van der Waals surface area contributed by atoms with Gasteiger partial charge in [0.2, 0.25) is 0 Å². The van der Waals surface area contributed by atoms with E-state index in [-0.39, 0.29) is 17.9 Å². The van der Waals surface area contributed by atoms with Crippen molar-refractivity contribution in [1.82, 2.24) is 0 Å². The average Bonchev–Trinajstić information content (AvgIpc) is 2.82. The molecule has 1 aliphatic heterocycles. The summed E-state index contributed by atoms with van der Waals surface area (Å²) in [5.74, 6) is 2.11. The second-order valence-electron chi connectivity index (χ2n) is 8.31. The van der Waals surface area contributed by atoms with Gasteiger partial charge in [0.25, 0.3) is 5.69 Å². The van der Waals surface area contributed by atoms with E-state index < -0.39 is 11.0 Å². The van der Waals surface area contributed by atoms with Crippen LogP contribution in [-0.4, -0.2) is 17.8 Å². The molecule has 0 radical (unpaired) electrons. The second kappa shape index (κ2) is 9.79. The van der Waals surface area contributed by atoms with Crippen LogP contribution in [0.1, 0.15) is 47.9 Å². The Labute approximate surface area is 197 Å². The summed E-state index contributed by atoms with van der Waals surface area (Å²) in [5.41, 5.74) is 3.50. The van der Waals surface area contributed by atoms with Gasteiger partial charge in [0.15, 0.2) is 5.78 Å². The fraction of sp³-hybridized carbons (Fsp3) is 0.222. The van der Waals surface area contributed by atoms with Crippen molar-refractivity contribution in [2.75, 3.05) is 7.11 Å². The van der Waals surface area contributed by atoms with Crippen molar-refractivity contribution in [3.63, 3.8) is 0 Å². The molecule has 0 saturated heterocycles. The highest BCUT2D eigenvalue weighted by Gasteiger charge is 2.29. The molecule has 1 aliphatic rings. The Bertz CT molecular complexity index is 1260. The molecule has 0 aliphatic carbocycles. The van der Waals surface area contributed by atoms with E-state index in [9.17, 15) is 14.9 Å². The molecule has 7 nitrogen and oxygen atoms in total. The predicted molar refractivity (Wildman–Crippen MR) is 128 cm³/mol. The number of rotatable bonds is 7. The van der Waals surface area contributed by atoms with Gasteiger partial charge in [-0.15, -0.1) is 0 Å². The maximum absolute atomic E-state index is 12.9.